The van der Waals surface area contributed by atoms with Crippen molar-refractivity contribution in [2.45, 2.75) is 6.92 Å². The van der Waals surface area contributed by atoms with E-state index in [-0.39, 0.29) is 33.4 Å². The summed E-state index contributed by atoms with van der Waals surface area (Å²) in [6.45, 7) is 2.04. The highest BCUT2D eigenvalue weighted by Gasteiger charge is 2.33. The second-order valence-corrected chi connectivity index (χ2v) is 4.39. The Labute approximate surface area is 107 Å². The third kappa shape index (κ3) is 1.88. The van der Waals surface area contributed by atoms with E-state index in [9.17, 15) is 14.4 Å². The monoisotopic (exact) mass is 265 g/mol. The average Bonchev–Trinajstić information content (AvgIpc) is 2.36. The zero-order chi connectivity index (χ0) is 13.3. The second kappa shape index (κ2) is 4.81. The first-order valence-corrected chi connectivity index (χ1v) is 6.55. The molecule has 0 aromatic carbocycles. The lowest BCUT2D eigenvalue weighted by Gasteiger charge is -2.18. The highest BCUT2D eigenvalue weighted by atomic mass is 32.2. The summed E-state index contributed by atoms with van der Waals surface area (Å²) in [6, 6.07) is 1.15. The quantitative estimate of drug-likeness (QED) is 0.893. The molecule has 94 valence electrons. The Hall–Kier alpha value is -1.82. The van der Waals surface area contributed by atoms with Crippen molar-refractivity contribution in [2.75, 3.05) is 12.9 Å². The van der Waals surface area contributed by atoms with Crippen LogP contribution in [0.4, 0.5) is 0 Å². The smallest absolute Gasteiger partial charge is 0.248 e. The first kappa shape index (κ1) is 12.6. The summed E-state index contributed by atoms with van der Waals surface area (Å²) in [5.74, 6) is -0.645. The molecule has 0 amide bonds. The maximum absolute atomic E-state index is 12.2. The average molecular weight is 265 g/mol. The fraction of sp³-hybridized carbons (Fsp3) is 0.250. The zero-order valence-corrected chi connectivity index (χ0v) is 10.7. The fourth-order valence-electron chi connectivity index (χ4n) is 1.76. The summed E-state index contributed by atoms with van der Waals surface area (Å²) in [7, 11) is 0. The first-order chi connectivity index (χ1) is 8.60. The van der Waals surface area contributed by atoms with Crippen LogP contribution in [0.5, 0.6) is 0 Å². The number of aromatic amines is 1. The highest BCUT2D eigenvalue weighted by molar-refractivity contribution is 8.03. The number of ether oxygens (including phenoxy) is 1. The van der Waals surface area contributed by atoms with Gasteiger partial charge in [0.1, 0.15) is 4.91 Å². The zero-order valence-electron chi connectivity index (χ0n) is 9.90. The topological polar surface area (TPSA) is 76.2 Å². The van der Waals surface area contributed by atoms with Gasteiger partial charge in [-0.3, -0.25) is 14.4 Å². The van der Waals surface area contributed by atoms with Crippen molar-refractivity contribution in [1.82, 2.24) is 4.98 Å². The number of pyridine rings is 1. The van der Waals surface area contributed by atoms with Gasteiger partial charge in [-0.05, 0) is 13.2 Å². The van der Waals surface area contributed by atoms with E-state index in [1.165, 1.54) is 6.20 Å². The Morgan fingerprint density at radius 3 is 2.56 bits per heavy atom. The van der Waals surface area contributed by atoms with E-state index >= 15 is 0 Å². The van der Waals surface area contributed by atoms with Crippen LogP contribution in [0.25, 0.3) is 0 Å². The van der Waals surface area contributed by atoms with Crippen LogP contribution in [-0.2, 0) is 4.74 Å². The minimum atomic E-state index is -0.407. The van der Waals surface area contributed by atoms with Crippen molar-refractivity contribution in [3.05, 3.63) is 44.4 Å². The number of hydrogen-bond donors (Lipinski definition) is 1. The lowest BCUT2D eigenvalue weighted by atomic mass is 9.95. The molecule has 1 aliphatic rings. The van der Waals surface area contributed by atoms with E-state index in [2.05, 4.69) is 4.98 Å². The molecule has 2 rings (SSSR count). The number of fused-ring (bicyclic) bond motifs is 1. The fourth-order valence-corrected chi connectivity index (χ4v) is 2.39. The maximum atomic E-state index is 12.2. The van der Waals surface area contributed by atoms with E-state index in [1.54, 1.807) is 13.2 Å². The Bertz CT molecular complexity index is 615. The number of hydrogen-bond acceptors (Lipinski definition) is 5. The van der Waals surface area contributed by atoms with Gasteiger partial charge in [0.15, 0.2) is 5.76 Å². The summed E-state index contributed by atoms with van der Waals surface area (Å²) < 4.78 is 5.25. The second-order valence-electron chi connectivity index (χ2n) is 3.58. The minimum absolute atomic E-state index is 0.0644. The summed E-state index contributed by atoms with van der Waals surface area (Å²) in [6.07, 6.45) is 2.95. The number of carbonyl (C=O) groups is 2. The molecule has 0 radical (unpaired) electrons. The van der Waals surface area contributed by atoms with Crippen LogP contribution in [0.3, 0.4) is 0 Å². The number of ketones is 2. The first-order valence-electron chi connectivity index (χ1n) is 5.33. The molecule has 0 spiro atoms. The number of carbonyl (C=O) groups excluding carboxylic acids is 2. The molecular formula is C12H11NO4S. The van der Waals surface area contributed by atoms with Crippen molar-refractivity contribution in [3.63, 3.8) is 0 Å². The van der Waals surface area contributed by atoms with Crippen molar-refractivity contribution in [1.29, 1.82) is 0 Å². The molecule has 5 nitrogen and oxygen atoms in total. The van der Waals surface area contributed by atoms with E-state index < -0.39 is 5.56 Å². The minimum Gasteiger partial charge on any atom is -0.488 e. The van der Waals surface area contributed by atoms with Crippen LogP contribution >= 0.6 is 11.8 Å². The van der Waals surface area contributed by atoms with Gasteiger partial charge in [-0.1, -0.05) is 0 Å². The van der Waals surface area contributed by atoms with Gasteiger partial charge in [0, 0.05) is 17.8 Å². The predicted molar refractivity (Wildman–Crippen MR) is 67.9 cm³/mol. The summed E-state index contributed by atoms with van der Waals surface area (Å²) in [5.41, 5.74) is -0.0902. The molecule has 0 atom stereocenters. The molecule has 1 aromatic heterocycles. The Morgan fingerprint density at radius 1 is 1.22 bits per heavy atom. The van der Waals surface area contributed by atoms with E-state index in [4.69, 9.17) is 4.74 Å². The third-order valence-electron chi connectivity index (χ3n) is 2.53. The predicted octanol–water partition coefficient (Wildman–Crippen LogP) is 1.36. The van der Waals surface area contributed by atoms with Gasteiger partial charge in [-0.15, -0.1) is 11.8 Å². The largest absolute Gasteiger partial charge is 0.488 e. The molecule has 0 bridgehead atoms. The van der Waals surface area contributed by atoms with Crippen LogP contribution < -0.4 is 5.56 Å². The Morgan fingerprint density at radius 2 is 1.94 bits per heavy atom. The van der Waals surface area contributed by atoms with Gasteiger partial charge in [0.05, 0.1) is 12.2 Å². The maximum Gasteiger partial charge on any atom is 0.248 e. The van der Waals surface area contributed by atoms with Gasteiger partial charge in [0.25, 0.3) is 0 Å². The number of thioether (sulfide) groups is 1. The van der Waals surface area contributed by atoms with Crippen molar-refractivity contribution < 1.29 is 14.3 Å². The summed E-state index contributed by atoms with van der Waals surface area (Å²) in [5, 5.41) is 0. The number of aromatic nitrogens is 1. The number of H-pyrrole nitrogens is 1. The molecule has 18 heavy (non-hydrogen) atoms. The van der Waals surface area contributed by atoms with Gasteiger partial charge in [-0.25, -0.2) is 0 Å². The Kier molecular flexibility index (Phi) is 3.38. The summed E-state index contributed by atoms with van der Waals surface area (Å²) >= 11 is 1.15. The van der Waals surface area contributed by atoms with E-state index in [1.807, 2.05) is 0 Å². The van der Waals surface area contributed by atoms with Crippen LogP contribution in [0, 0.1) is 0 Å². The van der Waals surface area contributed by atoms with Gasteiger partial charge in [-0.2, -0.15) is 0 Å². The van der Waals surface area contributed by atoms with Crippen molar-refractivity contribution >= 4 is 23.3 Å². The Balaban J connectivity index is 2.65. The van der Waals surface area contributed by atoms with E-state index in [0.717, 1.165) is 17.8 Å². The normalized spacial score (nSPS) is 14.8. The van der Waals surface area contributed by atoms with Crippen LogP contribution in [0.2, 0.25) is 0 Å². The van der Waals surface area contributed by atoms with Gasteiger partial charge < -0.3 is 9.72 Å². The molecule has 0 saturated carbocycles. The molecule has 1 N–H and O–H groups in total. The van der Waals surface area contributed by atoms with Crippen molar-refractivity contribution in [3.8, 4) is 0 Å². The number of allylic oxidation sites excluding steroid dienone is 2. The lowest BCUT2D eigenvalue weighted by Crippen LogP contribution is -2.25. The summed E-state index contributed by atoms with van der Waals surface area (Å²) in [4.78, 5) is 38.2. The highest BCUT2D eigenvalue weighted by Crippen LogP contribution is 2.31. The van der Waals surface area contributed by atoms with Crippen LogP contribution in [0.15, 0.2) is 27.7 Å². The molecule has 0 fully saturated rings. The van der Waals surface area contributed by atoms with Crippen molar-refractivity contribution in [2.24, 2.45) is 0 Å². The SMILES string of the molecule is CCOC1=C(SC)C(=O)c2cc(=O)[nH]cc2C1=O. The standard InChI is InChI=1S/C12H11NO4S/c1-3-17-11-9(15)7-5-13-8(14)4-6(7)10(16)12(11)18-2/h4-5H,3H2,1-2H3,(H,13,14). The van der Waals surface area contributed by atoms with Crippen LogP contribution in [0.1, 0.15) is 27.6 Å². The number of nitrogens with one attached hydrogen (secondary N) is 1. The third-order valence-corrected chi connectivity index (χ3v) is 3.30. The van der Waals surface area contributed by atoms with E-state index in [0.29, 0.717) is 6.61 Å². The molecule has 6 heteroatoms. The molecule has 0 unspecified atom stereocenters. The van der Waals surface area contributed by atoms with Crippen LogP contribution in [-0.4, -0.2) is 29.4 Å². The molecule has 1 aromatic rings. The molecule has 1 heterocycles. The lowest BCUT2D eigenvalue weighted by molar-refractivity contribution is 0.0888. The molecule has 1 aliphatic carbocycles. The number of rotatable bonds is 3. The number of Topliss-reactive ketones (excluding diaryl/α,β-unsaturated/α-hetero) is 2. The van der Waals surface area contributed by atoms with Gasteiger partial charge in [0.2, 0.25) is 17.1 Å². The molecule has 0 saturated heterocycles. The molecular weight excluding hydrogens is 254 g/mol. The van der Waals surface area contributed by atoms with Gasteiger partial charge >= 0.3 is 0 Å². The molecule has 0 aliphatic heterocycles.